The molecule has 0 amide bonds. The molecule has 15 heteroatoms. The molecule has 6 N–H and O–H groups in total. The van der Waals surface area contributed by atoms with E-state index in [0.717, 1.165) is 0 Å². The zero-order valence-corrected chi connectivity index (χ0v) is 16.5. The number of hydrogen-bond donors (Lipinski definition) is 6. The van der Waals surface area contributed by atoms with Crippen molar-refractivity contribution in [2.45, 2.75) is 0 Å². The minimum Gasteiger partial charge on any atom is -0.511 e. The smallest absolute Gasteiger partial charge is 0.511 e. The summed E-state index contributed by atoms with van der Waals surface area (Å²) in [7, 11) is -9.39. The van der Waals surface area contributed by atoms with Crippen molar-refractivity contribution in [1.29, 1.82) is 0 Å². The van der Waals surface area contributed by atoms with Crippen molar-refractivity contribution < 1.29 is 125 Å². The average molecular weight is 476 g/mol. The molecule has 0 aromatic heterocycles. The Bertz CT molecular complexity index is 121. The number of rotatable bonds is 0. The summed E-state index contributed by atoms with van der Waals surface area (Å²) in [6.45, 7) is 0. The average Bonchev–Trinajstić information content (AvgIpc) is 1.54. The molecule has 9 nitrogen and oxygen atoms in total. The Morgan fingerprint density at radius 3 is 0.533 bits per heavy atom. The Hall–Kier alpha value is 1.58. The quantitative estimate of drug-likeness (QED) is 0.188. The van der Waals surface area contributed by atoms with Crippen LogP contribution in [-0.4, -0.2) is 56.3 Å². The zero-order valence-electron chi connectivity index (χ0n) is 6.86. The Morgan fingerprint density at radius 2 is 0.533 bits per heavy atom. The molecule has 0 saturated carbocycles. The Kier molecular flexibility index (Phi) is 70.9. The van der Waals surface area contributed by atoms with E-state index < -0.39 is 27.5 Å². The van der Waals surface area contributed by atoms with Crippen LogP contribution < -0.4 is 0 Å². The van der Waals surface area contributed by atoms with Crippen molar-refractivity contribution in [1.82, 2.24) is 0 Å². The van der Waals surface area contributed by atoms with Crippen LogP contribution in [0.1, 0.15) is 0 Å². The van der Waals surface area contributed by atoms with Crippen LogP contribution in [-0.2, 0) is 95.9 Å². The summed E-state index contributed by atoms with van der Waals surface area (Å²) < 4.78 is 26.2. The molecule has 0 fully saturated rings. The standard InChI is InChI=1S/Cu.3H2O3Si.2Y/c;3*1-4(2)3;;/h;3*1-2H;;. The van der Waals surface area contributed by atoms with Crippen LogP contribution in [0.5, 0.6) is 0 Å². The monoisotopic (exact) mass is 475 g/mol. The van der Waals surface area contributed by atoms with E-state index in [0.29, 0.717) is 0 Å². The van der Waals surface area contributed by atoms with Gasteiger partial charge in [-0.05, 0) is 0 Å². The van der Waals surface area contributed by atoms with E-state index in [2.05, 4.69) is 0 Å². The third-order valence-corrected chi connectivity index (χ3v) is 0. The van der Waals surface area contributed by atoms with Gasteiger partial charge in [0.2, 0.25) is 0 Å². The van der Waals surface area contributed by atoms with Crippen LogP contribution in [0, 0.1) is 0 Å². The van der Waals surface area contributed by atoms with E-state index in [1.807, 2.05) is 0 Å². The van der Waals surface area contributed by atoms with Gasteiger partial charge in [-0.1, -0.05) is 0 Å². The summed E-state index contributed by atoms with van der Waals surface area (Å²) in [5.74, 6) is 0. The largest absolute Gasteiger partial charge is 0.761 e. The van der Waals surface area contributed by atoms with Crippen LogP contribution in [0.2, 0.25) is 0 Å². The molecule has 15 heavy (non-hydrogen) atoms. The third-order valence-electron chi connectivity index (χ3n) is 0. The molecular formula is H6CuO9Si3Y2. The van der Waals surface area contributed by atoms with Gasteiger partial charge in [0.1, 0.15) is 0 Å². The third kappa shape index (κ3) is 1150. The molecule has 89 valence electrons. The van der Waals surface area contributed by atoms with Gasteiger partial charge in [-0.15, -0.1) is 0 Å². The second-order valence-corrected chi connectivity index (χ2v) is 2.54. The number of hydrogen-bond acceptors (Lipinski definition) is 3. The second-order valence-electron chi connectivity index (χ2n) is 0.848. The normalized spacial score (nSPS) is 4.80. The van der Waals surface area contributed by atoms with Gasteiger partial charge >= 0.3 is 27.5 Å². The minimum absolute atomic E-state index is 0. The first-order valence-electron chi connectivity index (χ1n) is 1.95. The van der Waals surface area contributed by atoms with Crippen molar-refractivity contribution in [3.8, 4) is 0 Å². The molecule has 0 unspecified atom stereocenters. The molecule has 3 radical (unpaired) electrons. The molecule has 0 bridgehead atoms. The topological polar surface area (TPSA) is 173 Å². The van der Waals surface area contributed by atoms with Gasteiger partial charge in [0, 0.05) is 82.5 Å². The molecule has 0 rings (SSSR count). The van der Waals surface area contributed by atoms with Gasteiger partial charge < -0.3 is 28.8 Å². The molecule has 0 aliphatic rings. The summed E-state index contributed by atoms with van der Waals surface area (Å²) in [5, 5.41) is 0. The van der Waals surface area contributed by atoms with E-state index >= 15 is 0 Å². The first-order chi connectivity index (χ1) is 5.20. The Balaban J connectivity index is -0.0000000184. The van der Waals surface area contributed by atoms with Gasteiger partial charge in [-0.2, -0.15) is 0 Å². The van der Waals surface area contributed by atoms with E-state index in [1.165, 1.54) is 0 Å². The van der Waals surface area contributed by atoms with Crippen LogP contribution >= 0.6 is 0 Å². The Labute approximate surface area is 150 Å². The van der Waals surface area contributed by atoms with Crippen LogP contribution in [0.25, 0.3) is 0 Å². The fraction of sp³-hybridized carbons (Fsp3) is 0. The molecular weight excluding hydrogens is 470 g/mol. The summed E-state index contributed by atoms with van der Waals surface area (Å²) >= 11 is 0. The maximum absolute atomic E-state index is 8.74. The maximum atomic E-state index is 8.74. The molecule has 0 spiro atoms. The van der Waals surface area contributed by atoms with E-state index in [9.17, 15) is 0 Å². The minimum atomic E-state index is -3.13. The zero-order chi connectivity index (χ0) is 10.7. The molecule has 0 aromatic carbocycles. The van der Waals surface area contributed by atoms with Crippen LogP contribution in [0.3, 0.4) is 0 Å². The summed E-state index contributed by atoms with van der Waals surface area (Å²) in [6, 6.07) is 0. The van der Waals surface area contributed by atoms with Crippen molar-refractivity contribution in [2.24, 2.45) is 0 Å². The first kappa shape index (κ1) is 36.0. The second kappa shape index (κ2) is 29.6. The fourth-order valence-corrected chi connectivity index (χ4v) is 0. The van der Waals surface area contributed by atoms with Crippen molar-refractivity contribution in [3.63, 3.8) is 0 Å². The summed E-state index contributed by atoms with van der Waals surface area (Å²) in [4.78, 5) is 42.9. The van der Waals surface area contributed by atoms with Gasteiger partial charge in [-0.25, -0.2) is 0 Å². The fourth-order valence-electron chi connectivity index (χ4n) is 0. The van der Waals surface area contributed by atoms with Crippen molar-refractivity contribution in [2.75, 3.05) is 0 Å². The van der Waals surface area contributed by atoms with E-state index in [-0.39, 0.29) is 82.5 Å². The predicted molar refractivity (Wildman–Crippen MR) is 32.6 cm³/mol. The molecule has 0 saturated heterocycles. The molecule has 0 aromatic rings. The summed E-state index contributed by atoms with van der Waals surface area (Å²) in [5.41, 5.74) is 0. The van der Waals surface area contributed by atoms with E-state index in [4.69, 9.17) is 42.2 Å². The molecule has 0 heterocycles. The molecule has 0 atom stereocenters. The Morgan fingerprint density at radius 1 is 0.533 bits per heavy atom. The molecule has 0 aliphatic carbocycles. The van der Waals surface area contributed by atoms with Crippen molar-refractivity contribution >= 4 is 27.5 Å². The SMILES string of the molecule is O=[Si](O)O.O=[Si](O)O.O=[Si](O)O.[Cu].[Y].[Y]. The maximum Gasteiger partial charge on any atom is 0.761 e. The van der Waals surface area contributed by atoms with Crippen LogP contribution in [0.15, 0.2) is 0 Å². The first-order valence-corrected chi connectivity index (χ1v) is 5.86. The molecule has 0 aliphatic heterocycles. The van der Waals surface area contributed by atoms with Crippen LogP contribution in [0.4, 0.5) is 0 Å². The van der Waals surface area contributed by atoms with Gasteiger partial charge in [0.05, 0.1) is 0 Å². The van der Waals surface area contributed by atoms with Crippen molar-refractivity contribution in [3.05, 3.63) is 0 Å². The summed E-state index contributed by atoms with van der Waals surface area (Å²) in [6.07, 6.45) is 0. The van der Waals surface area contributed by atoms with Gasteiger partial charge in [0.15, 0.2) is 0 Å². The predicted octanol–water partition coefficient (Wildman–Crippen LogP) is -4.85. The van der Waals surface area contributed by atoms with Gasteiger partial charge in [0.25, 0.3) is 0 Å². The van der Waals surface area contributed by atoms with E-state index in [1.54, 1.807) is 0 Å². The van der Waals surface area contributed by atoms with Gasteiger partial charge in [-0.3, -0.25) is 13.4 Å².